The maximum absolute atomic E-state index is 6.15. The molecule has 0 heterocycles. The molecule has 0 amide bonds. The van der Waals surface area contributed by atoms with Crippen LogP contribution in [0.1, 0.15) is 31.7 Å². The molecule has 0 radical (unpaired) electrons. The highest BCUT2D eigenvalue weighted by Crippen LogP contribution is 2.27. The van der Waals surface area contributed by atoms with Crippen LogP contribution in [0, 0.1) is 0 Å². The van der Waals surface area contributed by atoms with Crippen molar-refractivity contribution in [1.82, 2.24) is 5.32 Å². The van der Waals surface area contributed by atoms with Crippen LogP contribution in [0.2, 0.25) is 5.02 Å². The van der Waals surface area contributed by atoms with E-state index in [-0.39, 0.29) is 0 Å². The minimum Gasteiger partial charge on any atom is -0.316 e. The summed E-state index contributed by atoms with van der Waals surface area (Å²) in [5.74, 6) is 0.457. The largest absolute Gasteiger partial charge is 0.316 e. The monoisotopic (exact) mass is 211 g/mol. The standard InChI is InChI=1S/C12H18ClN/c1-4-12(14-3)9(2)10-7-5-6-8-11(10)13/h5-9,12,14H,4H2,1-3H3. The number of halogens is 1. The van der Waals surface area contributed by atoms with Gasteiger partial charge in [-0.25, -0.2) is 0 Å². The van der Waals surface area contributed by atoms with E-state index in [9.17, 15) is 0 Å². The van der Waals surface area contributed by atoms with E-state index in [1.165, 1.54) is 5.56 Å². The second-order valence-electron chi connectivity index (χ2n) is 3.61. The Morgan fingerprint density at radius 1 is 1.36 bits per heavy atom. The molecule has 78 valence electrons. The molecule has 0 aliphatic heterocycles. The summed E-state index contributed by atoms with van der Waals surface area (Å²) in [5.41, 5.74) is 1.23. The molecule has 0 saturated heterocycles. The van der Waals surface area contributed by atoms with Crippen LogP contribution >= 0.6 is 11.6 Å². The Morgan fingerprint density at radius 2 is 2.00 bits per heavy atom. The fourth-order valence-electron chi connectivity index (χ4n) is 1.87. The molecule has 1 nitrogen and oxygen atoms in total. The highest BCUT2D eigenvalue weighted by atomic mass is 35.5. The predicted octanol–water partition coefficient (Wildman–Crippen LogP) is 3.44. The molecule has 0 saturated carbocycles. The summed E-state index contributed by atoms with van der Waals surface area (Å²) in [6, 6.07) is 8.57. The molecule has 2 heteroatoms. The Hall–Kier alpha value is -0.530. The number of nitrogens with one attached hydrogen (secondary N) is 1. The van der Waals surface area contributed by atoms with Crippen LogP contribution in [-0.4, -0.2) is 13.1 Å². The van der Waals surface area contributed by atoms with Crippen molar-refractivity contribution in [3.8, 4) is 0 Å². The lowest BCUT2D eigenvalue weighted by molar-refractivity contribution is 0.473. The zero-order chi connectivity index (χ0) is 10.6. The third kappa shape index (κ3) is 2.49. The van der Waals surface area contributed by atoms with Crippen molar-refractivity contribution < 1.29 is 0 Å². The van der Waals surface area contributed by atoms with Gasteiger partial charge in [0.25, 0.3) is 0 Å². The van der Waals surface area contributed by atoms with E-state index in [2.05, 4.69) is 25.2 Å². The first-order chi connectivity index (χ1) is 6.70. The molecular weight excluding hydrogens is 194 g/mol. The fraction of sp³-hybridized carbons (Fsp3) is 0.500. The van der Waals surface area contributed by atoms with E-state index in [0.29, 0.717) is 12.0 Å². The van der Waals surface area contributed by atoms with Crippen molar-refractivity contribution in [2.45, 2.75) is 32.2 Å². The Labute approximate surface area is 91.5 Å². The molecule has 0 fully saturated rings. The predicted molar refractivity (Wildman–Crippen MR) is 63.0 cm³/mol. The molecule has 14 heavy (non-hydrogen) atoms. The molecule has 1 aromatic carbocycles. The topological polar surface area (TPSA) is 12.0 Å². The summed E-state index contributed by atoms with van der Waals surface area (Å²) in [6.45, 7) is 4.40. The average molecular weight is 212 g/mol. The zero-order valence-corrected chi connectivity index (χ0v) is 9.81. The maximum Gasteiger partial charge on any atom is 0.0441 e. The van der Waals surface area contributed by atoms with Gasteiger partial charge in [-0.2, -0.15) is 0 Å². The summed E-state index contributed by atoms with van der Waals surface area (Å²) >= 11 is 6.15. The lowest BCUT2D eigenvalue weighted by Crippen LogP contribution is -2.29. The number of rotatable bonds is 4. The van der Waals surface area contributed by atoms with Crippen LogP contribution in [0.5, 0.6) is 0 Å². The van der Waals surface area contributed by atoms with Gasteiger partial charge in [0.1, 0.15) is 0 Å². The van der Waals surface area contributed by atoms with Crippen LogP contribution in [0.4, 0.5) is 0 Å². The van der Waals surface area contributed by atoms with E-state index in [1.54, 1.807) is 0 Å². The summed E-state index contributed by atoms with van der Waals surface area (Å²) in [6.07, 6.45) is 1.11. The third-order valence-electron chi connectivity index (χ3n) is 2.81. The molecule has 0 bridgehead atoms. The van der Waals surface area contributed by atoms with Crippen molar-refractivity contribution in [2.75, 3.05) is 7.05 Å². The minimum absolute atomic E-state index is 0.457. The Balaban J connectivity index is 2.88. The van der Waals surface area contributed by atoms with Gasteiger partial charge >= 0.3 is 0 Å². The van der Waals surface area contributed by atoms with Crippen LogP contribution in [-0.2, 0) is 0 Å². The van der Waals surface area contributed by atoms with Crippen LogP contribution < -0.4 is 5.32 Å². The molecule has 2 atom stereocenters. The molecule has 1 aromatic rings. The first-order valence-corrected chi connectivity index (χ1v) is 5.50. The third-order valence-corrected chi connectivity index (χ3v) is 3.15. The highest BCUT2D eigenvalue weighted by molar-refractivity contribution is 6.31. The van der Waals surface area contributed by atoms with Gasteiger partial charge in [-0.3, -0.25) is 0 Å². The molecule has 1 N–H and O–H groups in total. The van der Waals surface area contributed by atoms with Gasteiger partial charge in [0.2, 0.25) is 0 Å². The van der Waals surface area contributed by atoms with Gasteiger partial charge in [0.15, 0.2) is 0 Å². The van der Waals surface area contributed by atoms with Crippen molar-refractivity contribution in [3.05, 3.63) is 34.9 Å². The normalized spacial score (nSPS) is 15.1. The molecular formula is C12H18ClN. The van der Waals surface area contributed by atoms with Gasteiger partial charge in [-0.1, -0.05) is 43.6 Å². The van der Waals surface area contributed by atoms with Gasteiger partial charge in [-0.05, 0) is 31.0 Å². The summed E-state index contributed by atoms with van der Waals surface area (Å²) in [7, 11) is 2.00. The Bertz CT molecular complexity index is 281. The van der Waals surface area contributed by atoms with Gasteiger partial charge in [0.05, 0.1) is 0 Å². The lowest BCUT2D eigenvalue weighted by atomic mass is 9.92. The molecule has 0 aromatic heterocycles. The molecule has 0 aliphatic rings. The van der Waals surface area contributed by atoms with Crippen molar-refractivity contribution >= 4 is 11.6 Å². The minimum atomic E-state index is 0.457. The average Bonchev–Trinajstić information content (AvgIpc) is 2.20. The molecule has 1 rings (SSSR count). The number of benzene rings is 1. The van der Waals surface area contributed by atoms with Gasteiger partial charge in [-0.15, -0.1) is 0 Å². The first-order valence-electron chi connectivity index (χ1n) is 5.12. The van der Waals surface area contributed by atoms with E-state index in [0.717, 1.165) is 11.4 Å². The molecule has 2 unspecified atom stereocenters. The van der Waals surface area contributed by atoms with E-state index >= 15 is 0 Å². The maximum atomic E-state index is 6.15. The van der Waals surface area contributed by atoms with Gasteiger partial charge in [0, 0.05) is 11.1 Å². The van der Waals surface area contributed by atoms with E-state index < -0.39 is 0 Å². The second-order valence-corrected chi connectivity index (χ2v) is 4.02. The van der Waals surface area contributed by atoms with E-state index in [4.69, 9.17) is 11.6 Å². The summed E-state index contributed by atoms with van der Waals surface area (Å²) < 4.78 is 0. The van der Waals surface area contributed by atoms with Crippen LogP contribution in [0.15, 0.2) is 24.3 Å². The fourth-order valence-corrected chi connectivity index (χ4v) is 2.18. The van der Waals surface area contributed by atoms with Crippen molar-refractivity contribution in [1.29, 1.82) is 0 Å². The number of hydrogen-bond donors (Lipinski definition) is 1. The highest BCUT2D eigenvalue weighted by Gasteiger charge is 2.16. The molecule has 0 aliphatic carbocycles. The van der Waals surface area contributed by atoms with Crippen LogP contribution in [0.3, 0.4) is 0 Å². The first kappa shape index (κ1) is 11.5. The quantitative estimate of drug-likeness (QED) is 0.805. The zero-order valence-electron chi connectivity index (χ0n) is 9.05. The van der Waals surface area contributed by atoms with Crippen molar-refractivity contribution in [2.24, 2.45) is 0 Å². The Kier molecular flexibility index (Phi) is 4.43. The molecule has 0 spiro atoms. The second kappa shape index (κ2) is 5.38. The number of likely N-dealkylation sites (N-methyl/N-ethyl adjacent to an activating group) is 1. The van der Waals surface area contributed by atoms with Crippen molar-refractivity contribution in [3.63, 3.8) is 0 Å². The summed E-state index contributed by atoms with van der Waals surface area (Å²) in [5, 5.41) is 4.19. The van der Waals surface area contributed by atoms with E-state index in [1.807, 2.05) is 25.2 Å². The SMILES string of the molecule is CCC(NC)C(C)c1ccccc1Cl. The lowest BCUT2D eigenvalue weighted by Gasteiger charge is -2.23. The summed E-state index contributed by atoms with van der Waals surface area (Å²) in [4.78, 5) is 0. The van der Waals surface area contributed by atoms with Crippen LogP contribution in [0.25, 0.3) is 0 Å². The Morgan fingerprint density at radius 3 is 2.50 bits per heavy atom. The number of hydrogen-bond acceptors (Lipinski definition) is 1. The van der Waals surface area contributed by atoms with Gasteiger partial charge < -0.3 is 5.32 Å². The smallest absolute Gasteiger partial charge is 0.0441 e.